The van der Waals surface area contributed by atoms with Gasteiger partial charge in [0.2, 0.25) is 5.43 Å². The van der Waals surface area contributed by atoms with Crippen molar-refractivity contribution in [1.29, 1.82) is 0 Å². The Morgan fingerprint density at radius 3 is 2.61 bits per heavy atom. The van der Waals surface area contributed by atoms with Crippen LogP contribution in [0.15, 0.2) is 17.1 Å². The summed E-state index contributed by atoms with van der Waals surface area (Å²) in [6, 6.07) is 1.36. The quantitative estimate of drug-likeness (QED) is 0.694. The van der Waals surface area contributed by atoms with Gasteiger partial charge in [0.25, 0.3) is 0 Å². The number of carbonyl (C=O) groups is 1. The topological polar surface area (TPSA) is 85.5 Å². The molecule has 0 radical (unpaired) electrons. The van der Waals surface area contributed by atoms with E-state index in [0.29, 0.717) is 18.7 Å². The van der Waals surface area contributed by atoms with Gasteiger partial charge in [-0.15, -0.1) is 0 Å². The van der Waals surface area contributed by atoms with Gasteiger partial charge in [-0.25, -0.2) is 0 Å². The molecule has 0 saturated carbocycles. The van der Waals surface area contributed by atoms with Crippen molar-refractivity contribution in [1.82, 2.24) is 4.98 Å². The first-order chi connectivity index (χ1) is 10.9. The number of aromatic amines is 1. The molecule has 0 saturated heterocycles. The largest absolute Gasteiger partial charge is 0.488 e. The number of aromatic nitrogens is 1. The monoisotopic (exact) mass is 343 g/mol. The number of hydrogen-bond acceptors (Lipinski definition) is 5. The van der Waals surface area contributed by atoms with Gasteiger partial charge in [0.05, 0.1) is 18.5 Å². The lowest BCUT2D eigenvalue weighted by molar-refractivity contribution is -0.147. The SMILES string of the molecule is CCCOc1c[nH]c(CS(=O)C(C)C(=O)OC(C)CC)cc1=O. The molecule has 6 nitrogen and oxygen atoms in total. The number of pyridine rings is 1. The molecule has 0 aliphatic carbocycles. The second-order valence-electron chi connectivity index (χ2n) is 5.36. The van der Waals surface area contributed by atoms with Crippen molar-refractivity contribution in [3.8, 4) is 5.75 Å². The summed E-state index contributed by atoms with van der Waals surface area (Å²) in [4.78, 5) is 26.6. The zero-order chi connectivity index (χ0) is 17.4. The Balaban J connectivity index is 2.68. The van der Waals surface area contributed by atoms with Gasteiger partial charge in [-0.05, 0) is 26.7 Å². The first-order valence-electron chi connectivity index (χ1n) is 7.81. The molecule has 0 amide bonds. The molecule has 1 aromatic rings. The van der Waals surface area contributed by atoms with Crippen LogP contribution in [0.2, 0.25) is 0 Å². The number of nitrogens with one attached hydrogen (secondary N) is 1. The van der Waals surface area contributed by atoms with E-state index in [2.05, 4.69) is 4.98 Å². The van der Waals surface area contributed by atoms with E-state index in [-0.39, 0.29) is 23.0 Å². The summed E-state index contributed by atoms with van der Waals surface area (Å²) in [5.41, 5.74) is 0.236. The van der Waals surface area contributed by atoms with E-state index in [4.69, 9.17) is 9.47 Å². The zero-order valence-electron chi connectivity index (χ0n) is 14.1. The Morgan fingerprint density at radius 1 is 1.35 bits per heavy atom. The van der Waals surface area contributed by atoms with Crippen LogP contribution in [0.4, 0.5) is 0 Å². The van der Waals surface area contributed by atoms with Crippen molar-refractivity contribution in [2.24, 2.45) is 0 Å². The van der Waals surface area contributed by atoms with Crippen LogP contribution >= 0.6 is 0 Å². The van der Waals surface area contributed by atoms with Gasteiger partial charge >= 0.3 is 5.97 Å². The lowest BCUT2D eigenvalue weighted by atomic mass is 10.3. The molecule has 1 aromatic heterocycles. The molecule has 0 aromatic carbocycles. The summed E-state index contributed by atoms with van der Waals surface area (Å²) in [6.45, 7) is 7.68. The fourth-order valence-electron chi connectivity index (χ4n) is 1.67. The molecule has 3 atom stereocenters. The highest BCUT2D eigenvalue weighted by atomic mass is 32.2. The highest BCUT2D eigenvalue weighted by Crippen LogP contribution is 2.10. The molecule has 1 heterocycles. The summed E-state index contributed by atoms with van der Waals surface area (Å²) >= 11 is 0. The molecular weight excluding hydrogens is 318 g/mol. The van der Waals surface area contributed by atoms with Crippen molar-refractivity contribution in [2.45, 2.75) is 57.6 Å². The molecular formula is C16H25NO5S. The van der Waals surface area contributed by atoms with E-state index in [1.165, 1.54) is 12.3 Å². The minimum atomic E-state index is -1.47. The van der Waals surface area contributed by atoms with Crippen molar-refractivity contribution < 1.29 is 18.5 Å². The molecule has 7 heteroatoms. The van der Waals surface area contributed by atoms with Crippen LogP contribution in [0.5, 0.6) is 5.75 Å². The first-order valence-corrected chi connectivity index (χ1v) is 9.19. The number of ether oxygens (including phenoxy) is 2. The second-order valence-corrected chi connectivity index (χ2v) is 7.12. The third-order valence-corrected chi connectivity index (χ3v) is 4.89. The van der Waals surface area contributed by atoms with Gasteiger partial charge in [-0.2, -0.15) is 0 Å². The number of carbonyl (C=O) groups excluding carboxylic acids is 1. The summed E-state index contributed by atoms with van der Waals surface area (Å²) in [6.07, 6.45) is 2.78. The van der Waals surface area contributed by atoms with Gasteiger partial charge in [-0.1, -0.05) is 13.8 Å². The van der Waals surface area contributed by atoms with Crippen molar-refractivity contribution in [2.75, 3.05) is 6.61 Å². The maximum Gasteiger partial charge on any atom is 0.321 e. The molecule has 1 rings (SSSR count). The highest BCUT2D eigenvalue weighted by Gasteiger charge is 2.23. The van der Waals surface area contributed by atoms with Crippen molar-refractivity contribution in [3.63, 3.8) is 0 Å². The number of hydrogen-bond donors (Lipinski definition) is 1. The Hall–Kier alpha value is -1.63. The van der Waals surface area contributed by atoms with Crippen molar-refractivity contribution in [3.05, 3.63) is 28.2 Å². The first kappa shape index (κ1) is 19.4. The van der Waals surface area contributed by atoms with E-state index in [1.54, 1.807) is 13.8 Å². The normalized spacial score (nSPS) is 14.8. The van der Waals surface area contributed by atoms with Gasteiger partial charge in [0, 0.05) is 28.8 Å². The minimum Gasteiger partial charge on any atom is -0.488 e. The average molecular weight is 343 g/mol. The van der Waals surface area contributed by atoms with Gasteiger partial charge in [0.15, 0.2) is 5.75 Å². The maximum absolute atomic E-state index is 12.2. The molecule has 0 fully saturated rings. The van der Waals surface area contributed by atoms with Crippen molar-refractivity contribution >= 4 is 16.8 Å². The Labute approximate surface area is 139 Å². The van der Waals surface area contributed by atoms with E-state index in [0.717, 1.165) is 6.42 Å². The van der Waals surface area contributed by atoms with Gasteiger partial charge in [0.1, 0.15) is 5.25 Å². The maximum atomic E-state index is 12.2. The van der Waals surface area contributed by atoms with Crippen LogP contribution in [-0.2, 0) is 26.1 Å². The Morgan fingerprint density at radius 2 is 2.04 bits per heavy atom. The smallest absolute Gasteiger partial charge is 0.321 e. The highest BCUT2D eigenvalue weighted by molar-refractivity contribution is 7.85. The zero-order valence-corrected chi connectivity index (χ0v) is 14.9. The predicted octanol–water partition coefficient (Wildman–Crippen LogP) is 2.14. The second kappa shape index (κ2) is 9.50. The van der Waals surface area contributed by atoms with Gasteiger partial charge < -0.3 is 14.5 Å². The predicted molar refractivity (Wildman–Crippen MR) is 90.0 cm³/mol. The fraction of sp³-hybridized carbons (Fsp3) is 0.625. The molecule has 0 aliphatic heterocycles. The average Bonchev–Trinajstić information content (AvgIpc) is 2.53. The van der Waals surface area contributed by atoms with Crippen LogP contribution in [0.25, 0.3) is 0 Å². The van der Waals surface area contributed by atoms with E-state index >= 15 is 0 Å². The molecule has 130 valence electrons. The van der Waals surface area contributed by atoms with E-state index in [9.17, 15) is 13.8 Å². The van der Waals surface area contributed by atoms with Gasteiger partial charge in [-0.3, -0.25) is 13.8 Å². The van der Waals surface area contributed by atoms with Crippen LogP contribution in [0.1, 0.15) is 46.2 Å². The lowest BCUT2D eigenvalue weighted by Gasteiger charge is -2.15. The lowest BCUT2D eigenvalue weighted by Crippen LogP contribution is -2.29. The van der Waals surface area contributed by atoms with Crippen LogP contribution in [0.3, 0.4) is 0 Å². The summed E-state index contributed by atoms with van der Waals surface area (Å²) in [5, 5.41) is -0.747. The molecule has 23 heavy (non-hydrogen) atoms. The summed E-state index contributed by atoms with van der Waals surface area (Å²) < 4.78 is 22.7. The summed E-state index contributed by atoms with van der Waals surface area (Å²) in [5.74, 6) is -0.159. The summed E-state index contributed by atoms with van der Waals surface area (Å²) in [7, 11) is -1.47. The third-order valence-electron chi connectivity index (χ3n) is 3.31. The standard InChI is InChI=1S/C16H25NO5S/c1-5-7-21-15-9-17-13(8-14(15)18)10-23(20)12(4)16(19)22-11(3)6-2/h8-9,11-12H,5-7,10H2,1-4H3,(H,17,18). The number of esters is 1. The van der Waals surface area contributed by atoms with Crippen LogP contribution in [-0.4, -0.2) is 33.1 Å². The van der Waals surface area contributed by atoms with Crippen LogP contribution in [0, 0.1) is 0 Å². The minimum absolute atomic E-state index is 0.0834. The van der Waals surface area contributed by atoms with E-state index < -0.39 is 22.0 Å². The molecule has 3 unspecified atom stereocenters. The number of rotatable bonds is 9. The fourth-order valence-corrected chi connectivity index (χ4v) is 2.66. The number of H-pyrrole nitrogens is 1. The Bertz CT molecular complexity index is 598. The molecule has 1 N–H and O–H groups in total. The molecule has 0 aliphatic rings. The third kappa shape index (κ3) is 6.17. The Kier molecular flexibility index (Phi) is 8.02. The molecule has 0 bridgehead atoms. The van der Waals surface area contributed by atoms with E-state index in [1.807, 2.05) is 13.8 Å². The molecule has 0 spiro atoms. The van der Waals surface area contributed by atoms with Crippen LogP contribution < -0.4 is 10.2 Å².